The van der Waals surface area contributed by atoms with E-state index in [1.54, 1.807) is 0 Å². The van der Waals surface area contributed by atoms with Crippen molar-refractivity contribution in [1.29, 1.82) is 0 Å². The summed E-state index contributed by atoms with van der Waals surface area (Å²) in [5.74, 6) is -9.60. The molecule has 0 atom stereocenters. The molecule has 0 unspecified atom stereocenters. The Labute approximate surface area is 71.0 Å². The van der Waals surface area contributed by atoms with Crippen molar-refractivity contribution in [3.63, 3.8) is 0 Å². The van der Waals surface area contributed by atoms with Crippen LogP contribution in [0.4, 0.5) is 22.0 Å². The molecule has 0 fully saturated rings. The molecular weight excluding hydrogens is 191 g/mol. The maximum atomic E-state index is 12.7. The highest BCUT2D eigenvalue weighted by molar-refractivity contribution is 5.28. The predicted octanol–water partition coefficient (Wildman–Crippen LogP) is 2.95. The van der Waals surface area contributed by atoms with Crippen molar-refractivity contribution in [2.45, 2.75) is 6.92 Å². The second-order valence-electron chi connectivity index (χ2n) is 2.27. The van der Waals surface area contributed by atoms with Crippen LogP contribution in [0.2, 0.25) is 0 Å². The molecule has 0 aliphatic rings. The summed E-state index contributed by atoms with van der Waals surface area (Å²) in [5, 5.41) is 0. The van der Waals surface area contributed by atoms with Gasteiger partial charge >= 0.3 is 0 Å². The number of halogens is 5. The summed E-state index contributed by atoms with van der Waals surface area (Å²) in [6.07, 6.45) is 0.816. The normalized spacial score (nSPS) is 10.6. The summed E-state index contributed by atoms with van der Waals surface area (Å²) < 4.78 is 62.5. The van der Waals surface area contributed by atoms with E-state index in [0.717, 1.165) is 6.42 Å². The number of benzene rings is 1. The second kappa shape index (κ2) is 3.32. The molecule has 0 saturated carbocycles. The topological polar surface area (TPSA) is 0 Å². The van der Waals surface area contributed by atoms with Crippen LogP contribution in [0, 0.1) is 35.5 Å². The number of hydrogen-bond acceptors (Lipinski definition) is 0. The van der Waals surface area contributed by atoms with E-state index in [9.17, 15) is 22.0 Å². The quantitative estimate of drug-likeness (QED) is 0.367. The molecule has 0 N–H and O–H groups in total. The van der Waals surface area contributed by atoms with Crippen LogP contribution in [0.25, 0.3) is 0 Å². The van der Waals surface area contributed by atoms with Crippen LogP contribution in [0.15, 0.2) is 0 Å². The Balaban J connectivity index is 3.56. The van der Waals surface area contributed by atoms with Crippen LogP contribution in [0.5, 0.6) is 0 Å². The summed E-state index contributed by atoms with van der Waals surface area (Å²) in [6, 6.07) is 0. The van der Waals surface area contributed by atoms with Crippen molar-refractivity contribution in [1.82, 2.24) is 0 Å². The molecule has 1 radical (unpaired) electrons. The third-order valence-corrected chi connectivity index (χ3v) is 1.53. The fourth-order valence-electron chi connectivity index (χ4n) is 0.875. The van der Waals surface area contributed by atoms with Gasteiger partial charge in [0.2, 0.25) is 5.82 Å². The first-order valence-electron chi connectivity index (χ1n) is 3.31. The van der Waals surface area contributed by atoms with Gasteiger partial charge in [-0.25, -0.2) is 22.0 Å². The maximum Gasteiger partial charge on any atom is 0.200 e. The van der Waals surface area contributed by atoms with Gasteiger partial charge in [-0.2, -0.15) is 0 Å². The molecule has 0 amide bonds. The van der Waals surface area contributed by atoms with Crippen molar-refractivity contribution in [3.05, 3.63) is 41.1 Å². The molecule has 0 heterocycles. The molecule has 13 heavy (non-hydrogen) atoms. The average Bonchev–Trinajstić information content (AvgIpc) is 2.13. The van der Waals surface area contributed by atoms with Crippen molar-refractivity contribution >= 4 is 0 Å². The van der Waals surface area contributed by atoms with Crippen LogP contribution in [0.3, 0.4) is 0 Å². The summed E-state index contributed by atoms with van der Waals surface area (Å²) in [4.78, 5) is 0. The van der Waals surface area contributed by atoms with E-state index in [1.807, 2.05) is 0 Å². The van der Waals surface area contributed by atoms with Crippen LogP contribution in [0.1, 0.15) is 12.5 Å². The molecule has 0 nitrogen and oxygen atoms in total. The van der Waals surface area contributed by atoms with Gasteiger partial charge in [0, 0.05) is 5.56 Å². The van der Waals surface area contributed by atoms with Gasteiger partial charge in [0.1, 0.15) is 0 Å². The Kier molecular flexibility index (Phi) is 2.54. The lowest BCUT2D eigenvalue weighted by atomic mass is 10.1. The van der Waals surface area contributed by atoms with Gasteiger partial charge in [-0.3, -0.25) is 0 Å². The van der Waals surface area contributed by atoms with E-state index in [0.29, 0.717) is 0 Å². The largest absolute Gasteiger partial charge is 0.203 e. The van der Waals surface area contributed by atoms with E-state index < -0.39 is 34.6 Å². The zero-order valence-electron chi connectivity index (χ0n) is 6.47. The minimum Gasteiger partial charge on any atom is -0.203 e. The van der Waals surface area contributed by atoms with Crippen LogP contribution in [-0.2, 0) is 0 Å². The van der Waals surface area contributed by atoms with Gasteiger partial charge in [-0.15, -0.1) is 0 Å². The molecule has 0 spiro atoms. The number of rotatable bonds is 1. The summed E-state index contributed by atoms with van der Waals surface area (Å²) in [6.45, 7) is 1.18. The van der Waals surface area contributed by atoms with Gasteiger partial charge in [0.25, 0.3) is 0 Å². The lowest BCUT2D eigenvalue weighted by Gasteiger charge is -2.04. The van der Waals surface area contributed by atoms with Crippen LogP contribution in [-0.4, -0.2) is 0 Å². The minimum absolute atomic E-state index is 0.816. The van der Waals surface area contributed by atoms with Crippen LogP contribution < -0.4 is 0 Å². The number of hydrogen-bond donors (Lipinski definition) is 0. The van der Waals surface area contributed by atoms with Crippen molar-refractivity contribution in [2.75, 3.05) is 0 Å². The average molecular weight is 195 g/mol. The SMILES string of the molecule is C[CH]c1c(F)c(F)c(F)c(F)c1F. The van der Waals surface area contributed by atoms with Crippen molar-refractivity contribution in [3.8, 4) is 0 Å². The standard InChI is InChI=1S/C8H4F5/c1-2-3-4(9)6(11)8(13)7(12)5(3)10/h2H,1H3. The first-order valence-corrected chi connectivity index (χ1v) is 3.31. The molecule has 71 valence electrons. The minimum atomic E-state index is -2.14. The first-order chi connectivity index (χ1) is 6.00. The summed E-state index contributed by atoms with van der Waals surface area (Å²) >= 11 is 0. The molecule has 0 bridgehead atoms. The van der Waals surface area contributed by atoms with E-state index in [-0.39, 0.29) is 0 Å². The zero-order chi connectivity index (χ0) is 10.2. The highest BCUT2D eigenvalue weighted by Gasteiger charge is 2.24. The summed E-state index contributed by atoms with van der Waals surface area (Å²) in [7, 11) is 0. The molecule has 0 aliphatic heterocycles. The van der Waals surface area contributed by atoms with E-state index in [2.05, 4.69) is 0 Å². The predicted molar refractivity (Wildman–Crippen MR) is 35.3 cm³/mol. The third-order valence-electron chi connectivity index (χ3n) is 1.53. The molecule has 1 aromatic rings. The zero-order valence-corrected chi connectivity index (χ0v) is 6.47. The van der Waals surface area contributed by atoms with Crippen molar-refractivity contribution < 1.29 is 22.0 Å². The Bertz CT molecular complexity index is 316. The van der Waals surface area contributed by atoms with Crippen LogP contribution >= 0.6 is 0 Å². The van der Waals surface area contributed by atoms with E-state index in [4.69, 9.17) is 0 Å². The molecule has 0 saturated heterocycles. The van der Waals surface area contributed by atoms with Crippen molar-refractivity contribution in [2.24, 2.45) is 0 Å². The van der Waals surface area contributed by atoms with Gasteiger partial charge < -0.3 is 0 Å². The second-order valence-corrected chi connectivity index (χ2v) is 2.27. The fraction of sp³-hybridized carbons (Fsp3) is 0.125. The van der Waals surface area contributed by atoms with E-state index >= 15 is 0 Å². The Hall–Kier alpha value is -1.13. The summed E-state index contributed by atoms with van der Waals surface area (Å²) in [5.41, 5.74) is -0.906. The Morgan fingerprint density at radius 1 is 0.692 bits per heavy atom. The lowest BCUT2D eigenvalue weighted by molar-refractivity contribution is 0.374. The molecule has 0 aliphatic carbocycles. The monoisotopic (exact) mass is 195 g/mol. The molecule has 1 aromatic carbocycles. The van der Waals surface area contributed by atoms with Gasteiger partial charge in [0.05, 0.1) is 0 Å². The molecule has 5 heteroatoms. The van der Waals surface area contributed by atoms with E-state index in [1.165, 1.54) is 6.92 Å². The maximum absolute atomic E-state index is 12.7. The molecular formula is C8H4F5. The van der Waals surface area contributed by atoms with Gasteiger partial charge in [-0.05, 0) is 6.42 Å². The smallest absolute Gasteiger partial charge is 0.200 e. The molecule has 0 aromatic heterocycles. The third kappa shape index (κ3) is 1.38. The van der Waals surface area contributed by atoms with Gasteiger partial charge in [0.15, 0.2) is 23.3 Å². The Morgan fingerprint density at radius 3 is 1.31 bits per heavy atom. The molecule has 1 rings (SSSR count). The highest BCUT2D eigenvalue weighted by atomic mass is 19.2. The lowest BCUT2D eigenvalue weighted by Crippen LogP contribution is -2.05. The van der Waals surface area contributed by atoms with Gasteiger partial charge in [-0.1, -0.05) is 6.92 Å². The fourth-order valence-corrected chi connectivity index (χ4v) is 0.875. The Morgan fingerprint density at radius 2 is 1.00 bits per heavy atom. The first kappa shape index (κ1) is 9.95. The highest BCUT2D eigenvalue weighted by Crippen LogP contribution is 2.23.